The summed E-state index contributed by atoms with van der Waals surface area (Å²) in [6.45, 7) is 0. The molecule has 0 saturated carbocycles. The molecule has 1 heterocycles. The highest BCUT2D eigenvalue weighted by Crippen LogP contribution is 2.19. The standard InChI is InChI=1S/C11H13N3/c1-14-6-5-8-3-2-4-9(11(8)14)7-10(12)13/h2-6H,7H2,1H3,(H3,12,13). The van der Waals surface area contributed by atoms with Crippen LogP contribution < -0.4 is 5.73 Å². The molecule has 1 aromatic carbocycles. The molecule has 0 aliphatic carbocycles. The number of nitrogens with two attached hydrogens (primary N) is 1. The van der Waals surface area contributed by atoms with Crippen molar-refractivity contribution in [3.05, 3.63) is 36.0 Å². The molecule has 2 rings (SSSR count). The van der Waals surface area contributed by atoms with Crippen molar-refractivity contribution in [2.45, 2.75) is 6.42 Å². The molecular weight excluding hydrogens is 174 g/mol. The molecule has 0 amide bonds. The van der Waals surface area contributed by atoms with Gasteiger partial charge in [0.25, 0.3) is 0 Å². The molecule has 72 valence electrons. The van der Waals surface area contributed by atoms with Gasteiger partial charge in [0.1, 0.15) is 0 Å². The third kappa shape index (κ3) is 1.37. The minimum absolute atomic E-state index is 0.207. The number of fused-ring (bicyclic) bond motifs is 1. The first-order chi connectivity index (χ1) is 6.68. The van der Waals surface area contributed by atoms with Gasteiger partial charge in [-0.3, -0.25) is 5.41 Å². The number of rotatable bonds is 2. The Balaban J connectivity index is 2.63. The van der Waals surface area contributed by atoms with E-state index in [9.17, 15) is 0 Å². The van der Waals surface area contributed by atoms with Gasteiger partial charge in [-0.1, -0.05) is 18.2 Å². The second-order valence-electron chi connectivity index (χ2n) is 3.48. The molecule has 1 aromatic heterocycles. The molecule has 0 saturated heterocycles. The third-order valence-corrected chi connectivity index (χ3v) is 2.36. The maximum absolute atomic E-state index is 7.30. The first kappa shape index (κ1) is 8.81. The Labute approximate surface area is 82.7 Å². The lowest BCUT2D eigenvalue weighted by Crippen LogP contribution is -2.13. The maximum Gasteiger partial charge on any atom is 0.0950 e. The van der Waals surface area contributed by atoms with Crippen LogP contribution in [0, 0.1) is 5.41 Å². The molecule has 3 heteroatoms. The van der Waals surface area contributed by atoms with Crippen LogP contribution in [0.15, 0.2) is 30.5 Å². The number of hydrogen-bond acceptors (Lipinski definition) is 1. The van der Waals surface area contributed by atoms with Crippen LogP contribution >= 0.6 is 0 Å². The van der Waals surface area contributed by atoms with E-state index in [2.05, 4.69) is 16.7 Å². The third-order valence-electron chi connectivity index (χ3n) is 2.36. The molecule has 0 bridgehead atoms. The number of aryl methyl sites for hydroxylation is 1. The fraction of sp³-hybridized carbons (Fsp3) is 0.182. The molecule has 0 aliphatic heterocycles. The van der Waals surface area contributed by atoms with Crippen LogP contribution in [0.2, 0.25) is 0 Å². The van der Waals surface area contributed by atoms with Crippen LogP contribution in [0.25, 0.3) is 10.9 Å². The van der Waals surface area contributed by atoms with E-state index in [1.165, 1.54) is 10.9 Å². The van der Waals surface area contributed by atoms with Crippen molar-refractivity contribution in [1.29, 1.82) is 5.41 Å². The zero-order valence-corrected chi connectivity index (χ0v) is 8.12. The number of nitrogens with zero attached hydrogens (tertiary/aromatic N) is 1. The molecule has 3 nitrogen and oxygen atoms in total. The van der Waals surface area contributed by atoms with Crippen LogP contribution in [0.4, 0.5) is 0 Å². The largest absolute Gasteiger partial charge is 0.387 e. The van der Waals surface area contributed by atoms with E-state index >= 15 is 0 Å². The zero-order valence-electron chi connectivity index (χ0n) is 8.12. The number of para-hydroxylation sites is 1. The summed E-state index contributed by atoms with van der Waals surface area (Å²) in [5, 5.41) is 8.50. The minimum atomic E-state index is 0.207. The highest BCUT2D eigenvalue weighted by molar-refractivity contribution is 5.88. The van der Waals surface area contributed by atoms with Gasteiger partial charge in [0.15, 0.2) is 0 Å². The average molecular weight is 187 g/mol. The Kier molecular flexibility index (Phi) is 2.00. The molecule has 2 aromatic rings. The Bertz CT molecular complexity index is 482. The molecule has 3 N–H and O–H groups in total. The van der Waals surface area contributed by atoms with E-state index in [0.29, 0.717) is 6.42 Å². The lowest BCUT2D eigenvalue weighted by Gasteiger charge is -2.04. The predicted molar refractivity (Wildman–Crippen MR) is 58.5 cm³/mol. The molecule has 0 fully saturated rings. The minimum Gasteiger partial charge on any atom is -0.387 e. The van der Waals surface area contributed by atoms with E-state index in [1.54, 1.807) is 0 Å². The molecule has 0 unspecified atom stereocenters. The number of amidine groups is 1. The van der Waals surface area contributed by atoms with Crippen molar-refractivity contribution in [3.8, 4) is 0 Å². The van der Waals surface area contributed by atoms with E-state index in [1.807, 2.05) is 25.4 Å². The first-order valence-electron chi connectivity index (χ1n) is 4.54. The maximum atomic E-state index is 7.30. The Morgan fingerprint density at radius 3 is 2.93 bits per heavy atom. The lowest BCUT2D eigenvalue weighted by atomic mass is 10.1. The topological polar surface area (TPSA) is 54.8 Å². The van der Waals surface area contributed by atoms with Crippen molar-refractivity contribution in [2.24, 2.45) is 12.8 Å². The second kappa shape index (κ2) is 3.18. The van der Waals surface area contributed by atoms with Crippen LogP contribution in [0.3, 0.4) is 0 Å². The number of nitrogens with one attached hydrogen (secondary N) is 1. The summed E-state index contributed by atoms with van der Waals surface area (Å²) in [5.41, 5.74) is 7.69. The lowest BCUT2D eigenvalue weighted by molar-refractivity contribution is 0.961. The highest BCUT2D eigenvalue weighted by Gasteiger charge is 2.04. The van der Waals surface area contributed by atoms with Gasteiger partial charge in [0, 0.05) is 19.7 Å². The molecule has 0 aliphatic rings. The number of benzene rings is 1. The molecule has 0 atom stereocenters. The van der Waals surface area contributed by atoms with Gasteiger partial charge >= 0.3 is 0 Å². The van der Waals surface area contributed by atoms with Crippen LogP contribution in [-0.2, 0) is 13.5 Å². The normalized spacial score (nSPS) is 10.6. The van der Waals surface area contributed by atoms with Gasteiger partial charge in [-0.15, -0.1) is 0 Å². The van der Waals surface area contributed by atoms with Gasteiger partial charge in [-0.05, 0) is 17.0 Å². The van der Waals surface area contributed by atoms with Crippen molar-refractivity contribution in [2.75, 3.05) is 0 Å². The smallest absolute Gasteiger partial charge is 0.0950 e. The quantitative estimate of drug-likeness (QED) is 0.545. The van der Waals surface area contributed by atoms with Gasteiger partial charge in [0.2, 0.25) is 0 Å². The highest BCUT2D eigenvalue weighted by atomic mass is 14.9. The first-order valence-corrected chi connectivity index (χ1v) is 4.54. The molecule has 0 spiro atoms. The fourth-order valence-corrected chi connectivity index (χ4v) is 1.79. The van der Waals surface area contributed by atoms with Gasteiger partial charge in [0.05, 0.1) is 11.4 Å². The Morgan fingerprint density at radius 1 is 1.43 bits per heavy atom. The Hall–Kier alpha value is -1.77. The van der Waals surface area contributed by atoms with Crippen LogP contribution in [0.5, 0.6) is 0 Å². The molecule has 14 heavy (non-hydrogen) atoms. The van der Waals surface area contributed by atoms with Gasteiger partial charge < -0.3 is 10.3 Å². The van der Waals surface area contributed by atoms with E-state index < -0.39 is 0 Å². The SMILES string of the molecule is Cn1ccc2cccc(CC(=N)N)c21. The summed E-state index contributed by atoms with van der Waals surface area (Å²) in [6.07, 6.45) is 2.55. The van der Waals surface area contributed by atoms with E-state index in [-0.39, 0.29) is 5.84 Å². The number of aromatic nitrogens is 1. The Morgan fingerprint density at radius 2 is 2.21 bits per heavy atom. The average Bonchev–Trinajstić information content (AvgIpc) is 2.48. The van der Waals surface area contributed by atoms with Crippen LogP contribution in [-0.4, -0.2) is 10.4 Å². The van der Waals surface area contributed by atoms with Crippen molar-refractivity contribution < 1.29 is 0 Å². The summed E-state index contributed by atoms with van der Waals surface area (Å²) in [6, 6.07) is 8.16. The summed E-state index contributed by atoms with van der Waals surface area (Å²) in [4.78, 5) is 0. The summed E-state index contributed by atoms with van der Waals surface area (Å²) < 4.78 is 2.06. The fourth-order valence-electron chi connectivity index (χ4n) is 1.79. The van der Waals surface area contributed by atoms with E-state index in [4.69, 9.17) is 11.1 Å². The summed E-state index contributed by atoms with van der Waals surface area (Å²) >= 11 is 0. The van der Waals surface area contributed by atoms with Gasteiger partial charge in [-0.2, -0.15) is 0 Å². The second-order valence-corrected chi connectivity index (χ2v) is 3.48. The summed E-state index contributed by atoms with van der Waals surface area (Å²) in [7, 11) is 2.01. The number of hydrogen-bond donors (Lipinski definition) is 2. The predicted octanol–water partition coefficient (Wildman–Crippen LogP) is 1.66. The van der Waals surface area contributed by atoms with Crippen LogP contribution in [0.1, 0.15) is 5.56 Å². The van der Waals surface area contributed by atoms with Gasteiger partial charge in [-0.25, -0.2) is 0 Å². The van der Waals surface area contributed by atoms with E-state index in [0.717, 1.165) is 5.56 Å². The summed E-state index contributed by atoms with van der Waals surface area (Å²) in [5.74, 6) is 0.207. The molecule has 0 radical (unpaired) electrons. The van der Waals surface area contributed by atoms with Crippen molar-refractivity contribution in [1.82, 2.24) is 4.57 Å². The van der Waals surface area contributed by atoms with Crippen molar-refractivity contribution >= 4 is 16.7 Å². The monoisotopic (exact) mass is 187 g/mol. The zero-order chi connectivity index (χ0) is 10.1. The molecular formula is C11H13N3. The van der Waals surface area contributed by atoms with Crippen molar-refractivity contribution in [3.63, 3.8) is 0 Å².